The van der Waals surface area contributed by atoms with Gasteiger partial charge in [0, 0.05) is 19.1 Å². The van der Waals surface area contributed by atoms with Gasteiger partial charge in [-0.1, -0.05) is 6.08 Å². The summed E-state index contributed by atoms with van der Waals surface area (Å²) in [6, 6.07) is 0.590. The van der Waals surface area contributed by atoms with Crippen molar-refractivity contribution in [3.05, 3.63) is 12.7 Å². The van der Waals surface area contributed by atoms with Crippen LogP contribution in [-0.2, 0) is 0 Å². The van der Waals surface area contributed by atoms with Crippen molar-refractivity contribution in [2.24, 2.45) is 0 Å². The minimum Gasteiger partial charge on any atom is -0.312 e. The lowest BCUT2D eigenvalue weighted by Gasteiger charge is -2.25. The highest BCUT2D eigenvalue weighted by molar-refractivity contribution is 4.73. The molecule has 0 spiro atoms. The molecule has 0 aliphatic carbocycles. The minimum absolute atomic E-state index is 0.590. The Labute approximate surface area is 95.1 Å². The molecule has 0 aromatic carbocycles. The van der Waals surface area contributed by atoms with E-state index in [1.165, 1.54) is 6.42 Å². The third-order valence-corrected chi connectivity index (χ3v) is 2.60. The van der Waals surface area contributed by atoms with Gasteiger partial charge < -0.3 is 15.1 Å². The highest BCUT2D eigenvalue weighted by atomic mass is 15.1. The average molecular weight is 213 g/mol. The largest absolute Gasteiger partial charge is 0.312 e. The molecule has 1 N–H and O–H groups in total. The lowest BCUT2D eigenvalue weighted by atomic mass is 10.2. The molecule has 1 unspecified atom stereocenters. The summed E-state index contributed by atoms with van der Waals surface area (Å²) in [5, 5.41) is 3.34. The Bertz CT molecular complexity index is 157. The molecule has 0 aromatic rings. The van der Waals surface area contributed by atoms with Crippen molar-refractivity contribution in [2.45, 2.75) is 19.4 Å². The molecule has 3 heteroatoms. The Morgan fingerprint density at radius 3 is 2.47 bits per heavy atom. The van der Waals surface area contributed by atoms with Gasteiger partial charge in [0.05, 0.1) is 0 Å². The van der Waals surface area contributed by atoms with Crippen LogP contribution in [0.5, 0.6) is 0 Å². The molecular formula is C12H27N3. The van der Waals surface area contributed by atoms with E-state index in [-0.39, 0.29) is 0 Å². The monoisotopic (exact) mass is 213 g/mol. The van der Waals surface area contributed by atoms with E-state index in [2.05, 4.69) is 49.8 Å². The first-order valence-corrected chi connectivity index (χ1v) is 5.74. The van der Waals surface area contributed by atoms with E-state index < -0.39 is 0 Å². The molecule has 0 saturated heterocycles. The summed E-state index contributed by atoms with van der Waals surface area (Å²) < 4.78 is 0. The topological polar surface area (TPSA) is 18.5 Å². The SMILES string of the molecule is C=CCNCC(C)N(C)CCCN(C)C. The quantitative estimate of drug-likeness (QED) is 0.456. The normalized spacial score (nSPS) is 13.5. The van der Waals surface area contributed by atoms with Gasteiger partial charge in [0.15, 0.2) is 0 Å². The molecule has 3 nitrogen and oxygen atoms in total. The van der Waals surface area contributed by atoms with Gasteiger partial charge in [-0.15, -0.1) is 6.58 Å². The first-order chi connectivity index (χ1) is 7.07. The van der Waals surface area contributed by atoms with Gasteiger partial charge in [-0.3, -0.25) is 0 Å². The van der Waals surface area contributed by atoms with Gasteiger partial charge in [0.2, 0.25) is 0 Å². The van der Waals surface area contributed by atoms with Crippen LogP contribution in [0.25, 0.3) is 0 Å². The zero-order valence-electron chi connectivity index (χ0n) is 10.8. The predicted molar refractivity (Wildman–Crippen MR) is 68.3 cm³/mol. The molecule has 0 bridgehead atoms. The van der Waals surface area contributed by atoms with Crippen LogP contribution in [0.15, 0.2) is 12.7 Å². The van der Waals surface area contributed by atoms with E-state index in [0.29, 0.717) is 6.04 Å². The maximum atomic E-state index is 3.69. The van der Waals surface area contributed by atoms with E-state index in [0.717, 1.165) is 26.2 Å². The van der Waals surface area contributed by atoms with Crippen LogP contribution in [-0.4, -0.2) is 63.2 Å². The summed E-state index contributed by atoms with van der Waals surface area (Å²) in [5.41, 5.74) is 0. The maximum absolute atomic E-state index is 3.69. The summed E-state index contributed by atoms with van der Waals surface area (Å²) in [5.74, 6) is 0. The van der Waals surface area contributed by atoms with Crippen LogP contribution in [0.1, 0.15) is 13.3 Å². The number of hydrogen-bond acceptors (Lipinski definition) is 3. The molecule has 0 aliphatic heterocycles. The molecule has 0 aromatic heterocycles. The predicted octanol–water partition coefficient (Wildman–Crippen LogP) is 1.03. The third kappa shape index (κ3) is 8.60. The second-order valence-electron chi connectivity index (χ2n) is 4.43. The van der Waals surface area contributed by atoms with Crippen molar-refractivity contribution in [1.82, 2.24) is 15.1 Å². The van der Waals surface area contributed by atoms with Gasteiger partial charge in [-0.05, 0) is 47.6 Å². The first-order valence-electron chi connectivity index (χ1n) is 5.74. The zero-order valence-corrected chi connectivity index (χ0v) is 10.8. The van der Waals surface area contributed by atoms with E-state index in [9.17, 15) is 0 Å². The van der Waals surface area contributed by atoms with Gasteiger partial charge in [-0.2, -0.15) is 0 Å². The van der Waals surface area contributed by atoms with Crippen molar-refractivity contribution >= 4 is 0 Å². The Balaban J connectivity index is 3.50. The summed E-state index contributed by atoms with van der Waals surface area (Å²) in [6.45, 7) is 10.2. The van der Waals surface area contributed by atoms with Crippen molar-refractivity contribution in [3.63, 3.8) is 0 Å². The van der Waals surface area contributed by atoms with E-state index >= 15 is 0 Å². The highest BCUT2D eigenvalue weighted by Crippen LogP contribution is 1.96. The second-order valence-corrected chi connectivity index (χ2v) is 4.43. The van der Waals surface area contributed by atoms with E-state index in [4.69, 9.17) is 0 Å². The van der Waals surface area contributed by atoms with Gasteiger partial charge in [-0.25, -0.2) is 0 Å². The van der Waals surface area contributed by atoms with Crippen LogP contribution >= 0.6 is 0 Å². The van der Waals surface area contributed by atoms with Crippen molar-refractivity contribution in [1.29, 1.82) is 0 Å². The van der Waals surface area contributed by atoms with Crippen molar-refractivity contribution in [3.8, 4) is 0 Å². The van der Waals surface area contributed by atoms with Gasteiger partial charge in [0.25, 0.3) is 0 Å². The molecule has 0 amide bonds. The third-order valence-electron chi connectivity index (χ3n) is 2.60. The second kappa shape index (κ2) is 8.89. The maximum Gasteiger partial charge on any atom is 0.0189 e. The Kier molecular flexibility index (Phi) is 8.67. The van der Waals surface area contributed by atoms with E-state index in [1.807, 2.05) is 6.08 Å². The molecule has 0 radical (unpaired) electrons. The van der Waals surface area contributed by atoms with Crippen LogP contribution < -0.4 is 5.32 Å². The molecule has 1 atom stereocenters. The summed E-state index contributed by atoms with van der Waals surface area (Å²) >= 11 is 0. The molecule has 15 heavy (non-hydrogen) atoms. The fraction of sp³-hybridized carbons (Fsp3) is 0.833. The number of nitrogens with one attached hydrogen (secondary N) is 1. The number of hydrogen-bond donors (Lipinski definition) is 1. The van der Waals surface area contributed by atoms with E-state index in [1.54, 1.807) is 0 Å². The van der Waals surface area contributed by atoms with Crippen molar-refractivity contribution in [2.75, 3.05) is 47.3 Å². The fourth-order valence-corrected chi connectivity index (χ4v) is 1.41. The van der Waals surface area contributed by atoms with Crippen LogP contribution in [0, 0.1) is 0 Å². The van der Waals surface area contributed by atoms with Crippen LogP contribution in [0.2, 0.25) is 0 Å². The molecule has 90 valence electrons. The average Bonchev–Trinajstić information content (AvgIpc) is 2.17. The zero-order chi connectivity index (χ0) is 11.7. The lowest BCUT2D eigenvalue weighted by molar-refractivity contribution is 0.238. The molecule has 0 aliphatic rings. The standard InChI is InChI=1S/C12H27N3/c1-6-8-13-11-12(2)15(5)10-7-9-14(3)4/h6,12-13H,1,7-11H2,2-5H3. The first kappa shape index (κ1) is 14.6. The van der Waals surface area contributed by atoms with Crippen LogP contribution in [0.3, 0.4) is 0 Å². The van der Waals surface area contributed by atoms with Crippen molar-refractivity contribution < 1.29 is 0 Å². The Morgan fingerprint density at radius 1 is 1.27 bits per heavy atom. The van der Waals surface area contributed by atoms with Gasteiger partial charge in [0.1, 0.15) is 0 Å². The lowest BCUT2D eigenvalue weighted by Crippen LogP contribution is -2.39. The number of rotatable bonds is 9. The summed E-state index contributed by atoms with van der Waals surface area (Å²) in [4.78, 5) is 4.63. The molecular weight excluding hydrogens is 186 g/mol. The molecule has 0 heterocycles. The highest BCUT2D eigenvalue weighted by Gasteiger charge is 2.07. The molecule has 0 fully saturated rings. The molecule has 0 saturated carbocycles. The smallest absolute Gasteiger partial charge is 0.0189 e. The Morgan fingerprint density at radius 2 is 1.93 bits per heavy atom. The minimum atomic E-state index is 0.590. The summed E-state index contributed by atoms with van der Waals surface area (Å²) in [7, 11) is 6.43. The molecule has 0 rings (SSSR count). The number of nitrogens with zero attached hydrogens (tertiary/aromatic N) is 2. The fourth-order valence-electron chi connectivity index (χ4n) is 1.41. The summed E-state index contributed by atoms with van der Waals surface area (Å²) in [6.07, 6.45) is 3.13. The number of likely N-dealkylation sites (N-methyl/N-ethyl adjacent to an activating group) is 1. The van der Waals surface area contributed by atoms with Gasteiger partial charge >= 0.3 is 0 Å². The van der Waals surface area contributed by atoms with Crippen LogP contribution in [0.4, 0.5) is 0 Å². The Hall–Kier alpha value is -0.380.